The van der Waals surface area contributed by atoms with Crippen molar-refractivity contribution < 1.29 is 4.39 Å². The highest BCUT2D eigenvalue weighted by Gasteiger charge is 2.10. The summed E-state index contributed by atoms with van der Waals surface area (Å²) in [5.74, 6) is -0.240. The predicted molar refractivity (Wildman–Crippen MR) is 74.8 cm³/mol. The molecule has 0 saturated carbocycles. The van der Waals surface area contributed by atoms with Crippen LogP contribution in [0.4, 0.5) is 15.8 Å². The van der Waals surface area contributed by atoms with E-state index in [2.05, 4.69) is 26.2 Å². The van der Waals surface area contributed by atoms with Crippen LogP contribution in [0, 0.1) is 5.82 Å². The van der Waals surface area contributed by atoms with Gasteiger partial charge in [0.15, 0.2) is 0 Å². The fourth-order valence-electron chi connectivity index (χ4n) is 1.65. The van der Waals surface area contributed by atoms with E-state index in [1.807, 2.05) is 6.92 Å². The predicted octanol–water partition coefficient (Wildman–Crippen LogP) is 3.74. The summed E-state index contributed by atoms with van der Waals surface area (Å²) < 4.78 is 13.7. The quantitative estimate of drug-likeness (QED) is 0.908. The molecule has 1 heterocycles. The average Bonchev–Trinajstić information content (AvgIpc) is 2.34. The number of hydrogen-bond donors (Lipinski definition) is 2. The van der Waals surface area contributed by atoms with Gasteiger partial charge in [-0.1, -0.05) is 12.1 Å². The zero-order chi connectivity index (χ0) is 13.1. The van der Waals surface area contributed by atoms with Gasteiger partial charge < -0.3 is 11.1 Å². The second-order valence-corrected chi connectivity index (χ2v) is 4.86. The smallest absolute Gasteiger partial charge is 0.123 e. The van der Waals surface area contributed by atoms with Gasteiger partial charge in [-0.25, -0.2) is 4.39 Å². The fraction of sp³-hybridized carbons (Fsp3) is 0.154. The minimum atomic E-state index is -0.240. The molecule has 0 amide bonds. The lowest BCUT2D eigenvalue weighted by atomic mass is 10.1. The number of nitrogens with one attached hydrogen (secondary N) is 1. The van der Waals surface area contributed by atoms with E-state index in [-0.39, 0.29) is 11.9 Å². The Bertz CT molecular complexity index is 522. The lowest BCUT2D eigenvalue weighted by Crippen LogP contribution is -2.09. The maximum Gasteiger partial charge on any atom is 0.123 e. The van der Waals surface area contributed by atoms with Crippen molar-refractivity contribution in [2.24, 2.45) is 0 Å². The fourth-order valence-corrected chi connectivity index (χ4v) is 2.12. The van der Waals surface area contributed by atoms with E-state index in [4.69, 9.17) is 5.73 Å². The molecule has 3 N–H and O–H groups in total. The molecule has 3 nitrogen and oxygen atoms in total. The minimum Gasteiger partial charge on any atom is -0.396 e. The van der Waals surface area contributed by atoms with E-state index in [0.29, 0.717) is 5.69 Å². The van der Waals surface area contributed by atoms with Crippen LogP contribution >= 0.6 is 15.9 Å². The van der Waals surface area contributed by atoms with Gasteiger partial charge in [-0.15, -0.1) is 0 Å². The number of anilines is 2. The van der Waals surface area contributed by atoms with E-state index >= 15 is 0 Å². The molecule has 18 heavy (non-hydrogen) atoms. The number of nitrogens with two attached hydrogens (primary N) is 1. The second-order valence-electron chi connectivity index (χ2n) is 4.00. The maximum atomic E-state index is 12.8. The molecule has 0 aliphatic rings. The molecular formula is C13H13BrFN3. The first-order valence-electron chi connectivity index (χ1n) is 5.49. The molecule has 0 saturated heterocycles. The largest absolute Gasteiger partial charge is 0.396 e. The Morgan fingerprint density at radius 3 is 2.56 bits per heavy atom. The molecule has 1 aromatic heterocycles. The number of hydrogen-bond acceptors (Lipinski definition) is 3. The summed E-state index contributed by atoms with van der Waals surface area (Å²) in [5.41, 5.74) is 8.20. The number of benzene rings is 1. The molecule has 0 aliphatic heterocycles. The highest BCUT2D eigenvalue weighted by atomic mass is 79.9. The summed E-state index contributed by atoms with van der Waals surface area (Å²) in [6.07, 6.45) is 3.26. The Labute approximate surface area is 113 Å². The van der Waals surface area contributed by atoms with Crippen LogP contribution in [-0.4, -0.2) is 4.98 Å². The average molecular weight is 310 g/mol. The Morgan fingerprint density at radius 1 is 1.28 bits per heavy atom. The van der Waals surface area contributed by atoms with Crippen LogP contribution < -0.4 is 11.1 Å². The van der Waals surface area contributed by atoms with Crippen LogP contribution in [0.15, 0.2) is 41.1 Å². The van der Waals surface area contributed by atoms with Crippen molar-refractivity contribution >= 4 is 27.3 Å². The summed E-state index contributed by atoms with van der Waals surface area (Å²) in [4.78, 5) is 3.97. The lowest BCUT2D eigenvalue weighted by Gasteiger charge is -2.18. The molecule has 1 unspecified atom stereocenters. The molecular weight excluding hydrogens is 297 g/mol. The van der Waals surface area contributed by atoms with Crippen molar-refractivity contribution in [3.05, 3.63) is 52.5 Å². The lowest BCUT2D eigenvalue weighted by molar-refractivity contribution is 0.626. The molecule has 1 atom stereocenters. The number of aromatic nitrogens is 1. The first-order valence-corrected chi connectivity index (χ1v) is 6.28. The molecule has 1 aromatic carbocycles. The van der Waals surface area contributed by atoms with Gasteiger partial charge >= 0.3 is 0 Å². The zero-order valence-corrected chi connectivity index (χ0v) is 11.4. The van der Waals surface area contributed by atoms with Crippen LogP contribution in [0.1, 0.15) is 18.5 Å². The van der Waals surface area contributed by atoms with Gasteiger partial charge in [0, 0.05) is 12.2 Å². The van der Waals surface area contributed by atoms with Gasteiger partial charge in [-0.05, 0) is 40.5 Å². The van der Waals surface area contributed by atoms with E-state index < -0.39 is 0 Å². The Kier molecular flexibility index (Phi) is 3.81. The number of pyridine rings is 1. The van der Waals surface area contributed by atoms with Crippen LogP contribution in [0.5, 0.6) is 0 Å². The highest BCUT2D eigenvalue weighted by Crippen LogP contribution is 2.30. The van der Waals surface area contributed by atoms with Crippen molar-refractivity contribution in [3.63, 3.8) is 0 Å². The first-order chi connectivity index (χ1) is 8.58. The molecule has 0 spiro atoms. The Balaban J connectivity index is 2.21. The highest BCUT2D eigenvalue weighted by molar-refractivity contribution is 9.10. The standard InChI is InChI=1S/C13H13BrFN3/c1-8(9-2-4-10(15)5-3-9)18-13-11(14)6-17-7-12(13)16/h2-8H,16H2,1H3,(H,17,18). The number of halogens is 2. The third kappa shape index (κ3) is 2.79. The second kappa shape index (κ2) is 5.35. The van der Waals surface area contributed by atoms with Gasteiger partial charge in [0.25, 0.3) is 0 Å². The van der Waals surface area contributed by atoms with Crippen LogP contribution in [0.3, 0.4) is 0 Å². The molecule has 0 radical (unpaired) electrons. The third-order valence-corrected chi connectivity index (χ3v) is 3.26. The van der Waals surface area contributed by atoms with Crippen LogP contribution in [0.2, 0.25) is 0 Å². The maximum absolute atomic E-state index is 12.8. The molecule has 94 valence electrons. The van der Waals surface area contributed by atoms with E-state index in [1.165, 1.54) is 12.1 Å². The topological polar surface area (TPSA) is 50.9 Å². The molecule has 2 rings (SSSR count). The van der Waals surface area contributed by atoms with E-state index in [0.717, 1.165) is 15.7 Å². The molecule has 5 heteroatoms. The monoisotopic (exact) mass is 309 g/mol. The van der Waals surface area contributed by atoms with E-state index in [1.54, 1.807) is 24.5 Å². The van der Waals surface area contributed by atoms with E-state index in [9.17, 15) is 4.39 Å². The number of nitrogen functional groups attached to an aromatic ring is 1. The summed E-state index contributed by atoms with van der Waals surface area (Å²) in [5, 5.41) is 3.28. The van der Waals surface area contributed by atoms with Crippen molar-refractivity contribution in [2.45, 2.75) is 13.0 Å². The third-order valence-electron chi connectivity index (χ3n) is 2.66. The number of rotatable bonds is 3. The normalized spacial score (nSPS) is 12.2. The first kappa shape index (κ1) is 12.8. The number of nitrogens with zero attached hydrogens (tertiary/aromatic N) is 1. The van der Waals surface area contributed by atoms with Gasteiger partial charge in [-0.3, -0.25) is 4.98 Å². The molecule has 0 bridgehead atoms. The van der Waals surface area contributed by atoms with Crippen LogP contribution in [-0.2, 0) is 0 Å². The van der Waals surface area contributed by atoms with Gasteiger partial charge in [-0.2, -0.15) is 0 Å². The Hall–Kier alpha value is -1.62. The van der Waals surface area contributed by atoms with Gasteiger partial charge in [0.1, 0.15) is 5.82 Å². The minimum absolute atomic E-state index is 0.0200. The van der Waals surface area contributed by atoms with Crippen molar-refractivity contribution in [3.8, 4) is 0 Å². The summed E-state index contributed by atoms with van der Waals surface area (Å²) in [6, 6.07) is 6.40. The zero-order valence-electron chi connectivity index (χ0n) is 9.82. The van der Waals surface area contributed by atoms with Gasteiger partial charge in [0.2, 0.25) is 0 Å². The Morgan fingerprint density at radius 2 is 1.94 bits per heavy atom. The summed E-state index contributed by atoms with van der Waals surface area (Å²) >= 11 is 3.39. The van der Waals surface area contributed by atoms with Gasteiger partial charge in [0.05, 0.1) is 22.0 Å². The molecule has 0 fully saturated rings. The molecule has 2 aromatic rings. The van der Waals surface area contributed by atoms with Crippen molar-refractivity contribution in [1.29, 1.82) is 0 Å². The summed E-state index contributed by atoms with van der Waals surface area (Å²) in [6.45, 7) is 1.99. The van der Waals surface area contributed by atoms with Crippen molar-refractivity contribution in [2.75, 3.05) is 11.1 Å². The molecule has 0 aliphatic carbocycles. The van der Waals surface area contributed by atoms with Crippen LogP contribution in [0.25, 0.3) is 0 Å². The van der Waals surface area contributed by atoms with Crippen molar-refractivity contribution in [1.82, 2.24) is 4.98 Å². The summed E-state index contributed by atoms with van der Waals surface area (Å²) in [7, 11) is 0. The SMILES string of the molecule is CC(Nc1c(N)cncc1Br)c1ccc(F)cc1.